The second-order valence-corrected chi connectivity index (χ2v) is 2.87. The van der Waals surface area contributed by atoms with Crippen LogP contribution in [-0.4, -0.2) is 11.1 Å². The van der Waals surface area contributed by atoms with E-state index in [0.29, 0.717) is 5.33 Å². The van der Waals surface area contributed by atoms with Crippen LogP contribution in [0.3, 0.4) is 0 Å². The Bertz CT molecular complexity index is 258. The van der Waals surface area contributed by atoms with Gasteiger partial charge in [-0.15, -0.1) is 0 Å². The van der Waals surface area contributed by atoms with Gasteiger partial charge in [-0.05, 0) is 0 Å². The number of rotatable bonds is 2. The molecule has 1 aromatic heterocycles. The molecule has 0 saturated carbocycles. The minimum Gasteiger partial charge on any atom is -1.00 e. The van der Waals surface area contributed by atoms with Gasteiger partial charge in [0.15, 0.2) is 18.2 Å². The average molecular weight is 295 g/mol. The molecule has 1 heterocycles. The van der Waals surface area contributed by atoms with Gasteiger partial charge in [-0.25, -0.2) is 4.57 Å². The summed E-state index contributed by atoms with van der Waals surface area (Å²) in [6.45, 7) is 0. The normalized spacial score (nSPS) is 8.83. The molecule has 0 N–H and O–H groups in total. The van der Waals surface area contributed by atoms with Crippen molar-refractivity contribution < 1.29 is 26.3 Å². The minimum atomic E-state index is 0. The summed E-state index contributed by atoms with van der Waals surface area (Å²) in [5.74, 6) is 0.116. The molecule has 0 radical (unpaired) electrons. The van der Waals surface area contributed by atoms with Crippen LogP contribution in [0.5, 0.6) is 0 Å². The summed E-state index contributed by atoms with van der Waals surface area (Å²) < 4.78 is 1.89. The van der Waals surface area contributed by atoms with Gasteiger partial charge >= 0.3 is 0 Å². The molecule has 0 saturated heterocycles. The first-order valence-corrected chi connectivity index (χ1v) is 4.40. The highest BCUT2D eigenvalue weighted by Gasteiger charge is 2.03. The molecular weight excluding hydrogens is 286 g/mol. The number of alkyl halides is 1. The van der Waals surface area contributed by atoms with Crippen molar-refractivity contribution >= 4 is 21.7 Å². The number of hydrogen-bond acceptors (Lipinski definition) is 1. The van der Waals surface area contributed by atoms with E-state index in [1.165, 1.54) is 0 Å². The molecule has 0 spiro atoms. The second kappa shape index (κ2) is 5.43. The van der Waals surface area contributed by atoms with Gasteiger partial charge < -0.3 is 17.0 Å². The molecule has 0 aromatic carbocycles. The molecule has 2 nitrogen and oxygen atoms in total. The van der Waals surface area contributed by atoms with Crippen LogP contribution in [0, 0.1) is 0 Å². The van der Waals surface area contributed by atoms with E-state index in [-0.39, 0.29) is 22.8 Å². The molecule has 0 aliphatic carbocycles. The highest BCUT2D eigenvalue weighted by Crippen LogP contribution is 1.98. The van der Waals surface area contributed by atoms with E-state index in [0.717, 1.165) is 5.56 Å². The lowest BCUT2D eigenvalue weighted by molar-refractivity contribution is -0.671. The van der Waals surface area contributed by atoms with Crippen molar-refractivity contribution in [2.24, 2.45) is 7.05 Å². The summed E-state index contributed by atoms with van der Waals surface area (Å²) in [5, 5.41) is 0.390. The van der Waals surface area contributed by atoms with Crippen LogP contribution < -0.4 is 21.5 Å². The van der Waals surface area contributed by atoms with Gasteiger partial charge in [0.25, 0.3) is 0 Å². The van der Waals surface area contributed by atoms with E-state index in [1.54, 1.807) is 0 Å². The molecule has 0 unspecified atom stereocenters. The Kier molecular flexibility index (Phi) is 5.33. The second-order valence-electron chi connectivity index (χ2n) is 2.31. The Balaban J connectivity index is 0.00000121. The summed E-state index contributed by atoms with van der Waals surface area (Å²) in [7, 11) is 1.92. The molecular formula is C8H9Br2NO. The predicted molar refractivity (Wildman–Crippen MR) is 45.7 cm³/mol. The lowest BCUT2D eigenvalue weighted by Crippen LogP contribution is -3.00. The van der Waals surface area contributed by atoms with Crippen molar-refractivity contribution in [1.29, 1.82) is 0 Å². The van der Waals surface area contributed by atoms with Crippen LogP contribution in [0.2, 0.25) is 0 Å². The van der Waals surface area contributed by atoms with Gasteiger partial charge in [0, 0.05) is 17.7 Å². The Morgan fingerprint density at radius 1 is 1.50 bits per heavy atom. The Morgan fingerprint density at radius 3 is 2.42 bits per heavy atom. The molecule has 1 rings (SSSR count). The third-order valence-electron chi connectivity index (χ3n) is 1.42. The van der Waals surface area contributed by atoms with Gasteiger partial charge in [0.05, 0.1) is 5.33 Å². The first kappa shape index (κ1) is 11.8. The molecule has 0 fully saturated rings. The largest absolute Gasteiger partial charge is 1.00 e. The highest BCUT2D eigenvalue weighted by atomic mass is 79.9. The Labute approximate surface area is 90.5 Å². The number of carbonyl (C=O) groups is 1. The molecule has 0 bridgehead atoms. The minimum absolute atomic E-state index is 0. The van der Waals surface area contributed by atoms with Crippen LogP contribution in [-0.2, 0) is 7.05 Å². The summed E-state index contributed by atoms with van der Waals surface area (Å²) in [6.07, 6.45) is 3.71. The third kappa shape index (κ3) is 3.03. The van der Waals surface area contributed by atoms with Crippen LogP contribution in [0.1, 0.15) is 10.4 Å². The number of carbonyl (C=O) groups excluding carboxylic acids is 1. The van der Waals surface area contributed by atoms with E-state index in [4.69, 9.17) is 0 Å². The van der Waals surface area contributed by atoms with Crippen LogP contribution in [0.4, 0.5) is 0 Å². The maximum Gasteiger partial charge on any atom is 0.173 e. The van der Waals surface area contributed by atoms with Crippen molar-refractivity contribution in [2.45, 2.75) is 0 Å². The molecule has 12 heavy (non-hydrogen) atoms. The van der Waals surface area contributed by atoms with E-state index < -0.39 is 0 Å². The summed E-state index contributed by atoms with van der Waals surface area (Å²) in [5.41, 5.74) is 0.750. The smallest absolute Gasteiger partial charge is 0.173 e. The number of ketones is 1. The standard InChI is InChI=1S/C8H9BrNO.BrH/c1-10-4-2-7(3-5-10)8(11)6-9;/h2-5H,6H2,1H3;1H/q+1;/p-1. The molecule has 4 heteroatoms. The van der Waals surface area contributed by atoms with Crippen molar-refractivity contribution in [3.63, 3.8) is 0 Å². The van der Waals surface area contributed by atoms with Crippen molar-refractivity contribution in [3.8, 4) is 0 Å². The monoisotopic (exact) mass is 293 g/mol. The fourth-order valence-electron chi connectivity index (χ4n) is 0.764. The van der Waals surface area contributed by atoms with Crippen molar-refractivity contribution in [1.82, 2.24) is 0 Å². The molecule has 1 aromatic rings. The van der Waals surface area contributed by atoms with E-state index in [2.05, 4.69) is 15.9 Å². The lowest BCUT2D eigenvalue weighted by Gasteiger charge is -1.92. The molecule has 0 amide bonds. The van der Waals surface area contributed by atoms with Crippen LogP contribution in [0.15, 0.2) is 24.5 Å². The quantitative estimate of drug-likeness (QED) is 0.354. The van der Waals surface area contributed by atoms with E-state index >= 15 is 0 Å². The topological polar surface area (TPSA) is 20.9 Å². The van der Waals surface area contributed by atoms with E-state index in [9.17, 15) is 4.79 Å². The fraction of sp³-hybridized carbons (Fsp3) is 0.250. The van der Waals surface area contributed by atoms with Crippen LogP contribution >= 0.6 is 15.9 Å². The number of hydrogen-bond donors (Lipinski definition) is 0. The molecule has 0 aliphatic heterocycles. The zero-order chi connectivity index (χ0) is 8.27. The van der Waals surface area contributed by atoms with Gasteiger partial charge in [-0.2, -0.15) is 0 Å². The SMILES string of the molecule is C[n+]1ccc(C(=O)CBr)cc1.[Br-]. The Morgan fingerprint density at radius 2 is 2.00 bits per heavy atom. The zero-order valence-corrected chi connectivity index (χ0v) is 9.80. The van der Waals surface area contributed by atoms with Gasteiger partial charge in [-0.1, -0.05) is 15.9 Å². The molecule has 66 valence electrons. The van der Waals surface area contributed by atoms with Crippen LogP contribution in [0.25, 0.3) is 0 Å². The maximum absolute atomic E-state index is 11.1. The first-order chi connectivity index (χ1) is 5.24. The third-order valence-corrected chi connectivity index (χ3v) is 1.93. The first-order valence-electron chi connectivity index (χ1n) is 3.28. The number of halogens is 2. The number of pyridine rings is 1. The van der Waals surface area contributed by atoms with Crippen molar-refractivity contribution in [2.75, 3.05) is 5.33 Å². The average Bonchev–Trinajstić information content (AvgIpc) is 2.05. The fourth-order valence-corrected chi connectivity index (χ4v) is 1.09. The van der Waals surface area contributed by atoms with Crippen molar-refractivity contribution in [3.05, 3.63) is 30.1 Å². The lowest BCUT2D eigenvalue weighted by atomic mass is 10.2. The number of aromatic nitrogens is 1. The van der Waals surface area contributed by atoms with Gasteiger partial charge in [0.2, 0.25) is 0 Å². The van der Waals surface area contributed by atoms with Gasteiger partial charge in [-0.3, -0.25) is 4.79 Å². The van der Waals surface area contributed by atoms with Gasteiger partial charge in [0.1, 0.15) is 7.05 Å². The van der Waals surface area contributed by atoms with E-state index in [1.807, 2.05) is 36.1 Å². The highest BCUT2D eigenvalue weighted by molar-refractivity contribution is 9.09. The summed E-state index contributed by atoms with van der Waals surface area (Å²) in [4.78, 5) is 11.1. The molecule has 0 atom stereocenters. The Hall–Kier alpha value is -0.220. The maximum atomic E-state index is 11.1. The number of Topliss-reactive ketones (excluding diaryl/α,β-unsaturated/α-hetero) is 1. The summed E-state index contributed by atoms with van der Waals surface area (Å²) >= 11 is 3.11. The zero-order valence-electron chi connectivity index (χ0n) is 6.63. The summed E-state index contributed by atoms with van der Waals surface area (Å²) in [6, 6.07) is 3.62. The predicted octanol–water partition coefficient (Wildman–Crippen LogP) is -1.91. The number of nitrogens with zero attached hydrogens (tertiary/aromatic N) is 1. The number of aryl methyl sites for hydroxylation is 1. The molecule has 0 aliphatic rings.